The third kappa shape index (κ3) is 5.80. The molecule has 0 amide bonds. The van der Waals surface area contributed by atoms with E-state index in [4.69, 9.17) is 0 Å². The maximum absolute atomic E-state index is 2.85. The SMILES string of the molecule is CC[c-]1[c-][c-][c-][c-]1.CC[c-]1cccc1.[Mg+2]. The summed E-state index contributed by atoms with van der Waals surface area (Å²) in [6.07, 6.45) is 2.15. The molecule has 2 aromatic rings. The quantitative estimate of drug-likeness (QED) is 0.524. The van der Waals surface area contributed by atoms with Crippen molar-refractivity contribution >= 4 is 23.1 Å². The van der Waals surface area contributed by atoms with Crippen LogP contribution in [0.15, 0.2) is 24.3 Å². The van der Waals surface area contributed by atoms with Crippen molar-refractivity contribution in [1.29, 1.82) is 0 Å². The van der Waals surface area contributed by atoms with Gasteiger partial charge in [-0.3, -0.25) is 0 Å². The minimum Gasteiger partial charge on any atom is -0.998 e. The molecule has 2 aromatic carbocycles. The van der Waals surface area contributed by atoms with E-state index in [9.17, 15) is 0 Å². The van der Waals surface area contributed by atoms with Gasteiger partial charge in [-0.05, 0) is 0 Å². The molecule has 0 saturated heterocycles. The Morgan fingerprint density at radius 2 is 1.47 bits per heavy atom. The van der Waals surface area contributed by atoms with Crippen LogP contribution in [0.4, 0.5) is 0 Å². The molecule has 15 heavy (non-hydrogen) atoms. The summed E-state index contributed by atoms with van der Waals surface area (Å²) in [5.74, 6) is 0. The van der Waals surface area contributed by atoms with Crippen LogP contribution < -0.4 is 0 Å². The van der Waals surface area contributed by atoms with E-state index in [0.29, 0.717) is 0 Å². The van der Waals surface area contributed by atoms with Crippen LogP contribution in [0, 0.1) is 24.3 Å². The van der Waals surface area contributed by atoms with E-state index in [1.54, 1.807) is 0 Å². The number of hydrogen-bond acceptors (Lipinski definition) is 0. The second-order valence-corrected chi connectivity index (χ2v) is 2.98. The molecule has 2 rings (SSSR count). The van der Waals surface area contributed by atoms with Crippen molar-refractivity contribution in [2.75, 3.05) is 0 Å². The zero-order chi connectivity index (χ0) is 10.2. The summed E-state index contributed by atoms with van der Waals surface area (Å²) in [5.41, 5.74) is 2.50. The summed E-state index contributed by atoms with van der Waals surface area (Å²) >= 11 is 0. The fourth-order valence-corrected chi connectivity index (χ4v) is 1.07. The average molecular weight is 207 g/mol. The second-order valence-electron chi connectivity index (χ2n) is 2.98. The van der Waals surface area contributed by atoms with Crippen LogP contribution in [-0.2, 0) is 12.8 Å². The summed E-state index contributed by atoms with van der Waals surface area (Å²) in [5, 5.41) is 0. The van der Waals surface area contributed by atoms with Gasteiger partial charge >= 0.3 is 23.1 Å². The van der Waals surface area contributed by atoms with Crippen molar-refractivity contribution in [2.45, 2.75) is 26.7 Å². The zero-order valence-corrected chi connectivity index (χ0v) is 10.8. The van der Waals surface area contributed by atoms with E-state index in [-0.39, 0.29) is 23.1 Å². The Morgan fingerprint density at radius 3 is 1.73 bits per heavy atom. The first-order valence-electron chi connectivity index (χ1n) is 4.95. The van der Waals surface area contributed by atoms with Crippen LogP contribution in [0.5, 0.6) is 0 Å². The summed E-state index contributed by atoms with van der Waals surface area (Å²) in [6.45, 7) is 4.22. The smallest absolute Gasteiger partial charge is 0.998 e. The molecular formula is C14H14Mg-4. The first-order chi connectivity index (χ1) is 6.86. The first-order valence-corrected chi connectivity index (χ1v) is 4.95. The molecule has 0 radical (unpaired) electrons. The van der Waals surface area contributed by atoms with Crippen molar-refractivity contribution < 1.29 is 0 Å². The Labute approximate surface area is 109 Å². The van der Waals surface area contributed by atoms with E-state index in [1.165, 1.54) is 5.56 Å². The van der Waals surface area contributed by atoms with Gasteiger partial charge in [0, 0.05) is 0 Å². The predicted octanol–water partition coefficient (Wildman–Crippen LogP) is 2.76. The van der Waals surface area contributed by atoms with Gasteiger partial charge in [-0.25, -0.2) is 18.6 Å². The van der Waals surface area contributed by atoms with E-state index in [2.05, 4.69) is 62.4 Å². The summed E-state index contributed by atoms with van der Waals surface area (Å²) in [4.78, 5) is 0. The van der Waals surface area contributed by atoms with E-state index in [0.717, 1.165) is 18.4 Å². The normalized spacial score (nSPS) is 8.67. The van der Waals surface area contributed by atoms with Crippen molar-refractivity contribution in [2.24, 2.45) is 0 Å². The van der Waals surface area contributed by atoms with E-state index in [1.807, 2.05) is 0 Å². The average Bonchev–Trinajstić information content (AvgIpc) is 2.92. The maximum atomic E-state index is 2.85. The third-order valence-electron chi connectivity index (χ3n) is 1.98. The summed E-state index contributed by atoms with van der Waals surface area (Å²) in [6, 6.07) is 19.5. The standard InChI is InChI=1S/C7H9.C7H5.Mg/c2*1-2-7-5-3-4-6-7;/h3-6H,2H2,1H3;2H2,1H3;/q-1;-5;+2. The van der Waals surface area contributed by atoms with Crippen LogP contribution >= 0.6 is 0 Å². The summed E-state index contributed by atoms with van der Waals surface area (Å²) < 4.78 is 0. The zero-order valence-electron chi connectivity index (χ0n) is 9.43. The van der Waals surface area contributed by atoms with Gasteiger partial charge in [-0.15, -0.1) is 0 Å². The fourth-order valence-electron chi connectivity index (χ4n) is 1.07. The van der Waals surface area contributed by atoms with Crippen LogP contribution in [0.25, 0.3) is 0 Å². The molecule has 1 heteroatoms. The molecule has 0 heterocycles. The molecule has 0 aromatic heterocycles. The van der Waals surface area contributed by atoms with Gasteiger partial charge in [-0.2, -0.15) is 17.7 Å². The first kappa shape index (κ1) is 14.5. The Hall–Kier alpha value is -0.534. The Morgan fingerprint density at radius 1 is 0.933 bits per heavy atom. The number of hydrogen-bond donors (Lipinski definition) is 0. The Bertz CT molecular complexity index is 269. The van der Waals surface area contributed by atoms with Crippen molar-refractivity contribution in [3.63, 3.8) is 0 Å². The molecule has 0 saturated carbocycles. The third-order valence-corrected chi connectivity index (χ3v) is 1.98. The molecule has 0 N–H and O–H groups in total. The second kappa shape index (κ2) is 8.75. The molecule has 76 valence electrons. The van der Waals surface area contributed by atoms with Crippen molar-refractivity contribution in [3.05, 3.63) is 59.7 Å². The van der Waals surface area contributed by atoms with Gasteiger partial charge in [0.2, 0.25) is 0 Å². The Balaban J connectivity index is 0.000000245. The molecule has 0 unspecified atom stereocenters. The fraction of sp³-hybridized carbons (Fsp3) is 0.286. The van der Waals surface area contributed by atoms with Gasteiger partial charge in [-0.1, -0.05) is 20.3 Å². The van der Waals surface area contributed by atoms with Crippen LogP contribution in [0.2, 0.25) is 0 Å². The van der Waals surface area contributed by atoms with Gasteiger partial charge in [0.15, 0.2) is 0 Å². The molecule has 0 aliphatic rings. The molecule has 0 spiro atoms. The number of rotatable bonds is 2. The van der Waals surface area contributed by atoms with Gasteiger partial charge in [0.05, 0.1) is 0 Å². The minimum atomic E-state index is 0. The van der Waals surface area contributed by atoms with Gasteiger partial charge < -0.3 is 29.8 Å². The van der Waals surface area contributed by atoms with Crippen molar-refractivity contribution in [1.82, 2.24) is 0 Å². The monoisotopic (exact) mass is 206 g/mol. The number of aryl methyl sites for hydroxylation is 2. The molecule has 0 bridgehead atoms. The molecular weight excluding hydrogens is 192 g/mol. The molecule has 0 aliphatic carbocycles. The largest absolute Gasteiger partial charge is 2.00 e. The maximum Gasteiger partial charge on any atom is 2.00 e. The van der Waals surface area contributed by atoms with Crippen molar-refractivity contribution in [3.8, 4) is 0 Å². The summed E-state index contributed by atoms with van der Waals surface area (Å²) in [7, 11) is 0. The topological polar surface area (TPSA) is 0 Å². The van der Waals surface area contributed by atoms with Crippen LogP contribution in [-0.4, -0.2) is 23.1 Å². The minimum absolute atomic E-state index is 0. The molecule has 0 nitrogen and oxygen atoms in total. The van der Waals surface area contributed by atoms with Gasteiger partial charge in [0.1, 0.15) is 0 Å². The van der Waals surface area contributed by atoms with Crippen LogP contribution in [0.1, 0.15) is 25.0 Å². The molecule has 0 aliphatic heterocycles. The molecule has 0 atom stereocenters. The van der Waals surface area contributed by atoms with E-state index >= 15 is 0 Å². The van der Waals surface area contributed by atoms with E-state index < -0.39 is 0 Å². The van der Waals surface area contributed by atoms with Crippen LogP contribution in [0.3, 0.4) is 0 Å². The predicted molar refractivity (Wildman–Crippen MR) is 63.9 cm³/mol. The molecule has 0 fully saturated rings. The Kier molecular flexibility index (Phi) is 8.44. The van der Waals surface area contributed by atoms with Gasteiger partial charge in [0.25, 0.3) is 0 Å².